The standard InChI is InChI=1S/C9H15N3O/c1-12-7-8(5-11-12)10-6-9-3-2-4-13-9/h5,7,9-10H,2-4,6H2,1H3/t9-/m1/s1. The van der Waals surface area contributed by atoms with Gasteiger partial charge in [-0.2, -0.15) is 5.10 Å². The molecule has 2 rings (SSSR count). The van der Waals surface area contributed by atoms with E-state index >= 15 is 0 Å². The van der Waals surface area contributed by atoms with Crippen molar-refractivity contribution in [3.63, 3.8) is 0 Å². The predicted molar refractivity (Wildman–Crippen MR) is 50.7 cm³/mol. The van der Waals surface area contributed by atoms with Crippen LogP contribution in [0.1, 0.15) is 12.8 Å². The van der Waals surface area contributed by atoms with Crippen LogP contribution in [0.3, 0.4) is 0 Å². The van der Waals surface area contributed by atoms with Crippen molar-refractivity contribution < 1.29 is 4.74 Å². The molecule has 2 heterocycles. The number of rotatable bonds is 3. The van der Waals surface area contributed by atoms with Crippen molar-refractivity contribution in [2.45, 2.75) is 18.9 Å². The van der Waals surface area contributed by atoms with Gasteiger partial charge in [0.05, 0.1) is 18.0 Å². The lowest BCUT2D eigenvalue weighted by atomic mass is 10.2. The van der Waals surface area contributed by atoms with Crippen LogP contribution in [-0.2, 0) is 11.8 Å². The summed E-state index contributed by atoms with van der Waals surface area (Å²) in [6.07, 6.45) is 6.55. The third-order valence-corrected chi connectivity index (χ3v) is 2.26. The summed E-state index contributed by atoms with van der Waals surface area (Å²) in [5, 5.41) is 7.37. The van der Waals surface area contributed by atoms with Gasteiger partial charge in [-0.3, -0.25) is 4.68 Å². The summed E-state index contributed by atoms with van der Waals surface area (Å²) in [7, 11) is 1.91. The molecule has 1 N–H and O–H groups in total. The monoisotopic (exact) mass is 181 g/mol. The first-order valence-corrected chi connectivity index (χ1v) is 4.69. The van der Waals surface area contributed by atoms with E-state index in [1.807, 2.05) is 19.4 Å². The van der Waals surface area contributed by atoms with E-state index in [9.17, 15) is 0 Å². The van der Waals surface area contributed by atoms with Crippen LogP contribution >= 0.6 is 0 Å². The van der Waals surface area contributed by atoms with Crippen LogP contribution in [0, 0.1) is 0 Å². The molecule has 0 saturated carbocycles. The predicted octanol–water partition coefficient (Wildman–Crippen LogP) is 1.01. The van der Waals surface area contributed by atoms with Crippen molar-refractivity contribution in [1.29, 1.82) is 0 Å². The van der Waals surface area contributed by atoms with Gasteiger partial charge in [0, 0.05) is 26.4 Å². The van der Waals surface area contributed by atoms with Crippen LogP contribution in [0.4, 0.5) is 5.69 Å². The van der Waals surface area contributed by atoms with E-state index in [0.29, 0.717) is 6.10 Å². The highest BCUT2D eigenvalue weighted by Crippen LogP contribution is 2.13. The summed E-state index contributed by atoms with van der Waals surface area (Å²) >= 11 is 0. The number of ether oxygens (including phenoxy) is 1. The van der Waals surface area contributed by atoms with Gasteiger partial charge >= 0.3 is 0 Å². The normalized spacial score (nSPS) is 22.1. The molecular formula is C9H15N3O. The maximum absolute atomic E-state index is 5.49. The topological polar surface area (TPSA) is 39.1 Å². The zero-order valence-corrected chi connectivity index (χ0v) is 7.86. The minimum atomic E-state index is 0.389. The highest BCUT2D eigenvalue weighted by atomic mass is 16.5. The molecule has 13 heavy (non-hydrogen) atoms. The fourth-order valence-corrected chi connectivity index (χ4v) is 1.55. The maximum atomic E-state index is 5.49. The van der Waals surface area contributed by atoms with Gasteiger partial charge < -0.3 is 10.1 Å². The molecule has 0 amide bonds. The third-order valence-electron chi connectivity index (χ3n) is 2.26. The molecule has 0 spiro atoms. The van der Waals surface area contributed by atoms with Gasteiger partial charge in [0.2, 0.25) is 0 Å². The summed E-state index contributed by atoms with van der Waals surface area (Å²) in [5.74, 6) is 0. The SMILES string of the molecule is Cn1cc(NC[C@H]2CCCO2)cn1. The van der Waals surface area contributed by atoms with Crippen molar-refractivity contribution in [3.8, 4) is 0 Å². The Hall–Kier alpha value is -1.03. The Morgan fingerprint density at radius 3 is 3.31 bits per heavy atom. The molecular weight excluding hydrogens is 166 g/mol. The van der Waals surface area contributed by atoms with Gasteiger partial charge in [0.15, 0.2) is 0 Å². The van der Waals surface area contributed by atoms with Gasteiger partial charge in [-0.1, -0.05) is 0 Å². The lowest BCUT2D eigenvalue weighted by molar-refractivity contribution is 0.120. The second kappa shape index (κ2) is 3.79. The van der Waals surface area contributed by atoms with Crippen LogP contribution in [-0.4, -0.2) is 29.0 Å². The van der Waals surface area contributed by atoms with E-state index in [-0.39, 0.29) is 0 Å². The minimum Gasteiger partial charge on any atom is -0.380 e. The smallest absolute Gasteiger partial charge is 0.0748 e. The van der Waals surface area contributed by atoms with E-state index in [0.717, 1.165) is 18.8 Å². The molecule has 0 unspecified atom stereocenters. The van der Waals surface area contributed by atoms with Crippen molar-refractivity contribution in [1.82, 2.24) is 9.78 Å². The first-order chi connectivity index (χ1) is 6.34. The van der Waals surface area contributed by atoms with Crippen molar-refractivity contribution in [2.75, 3.05) is 18.5 Å². The second-order valence-electron chi connectivity index (χ2n) is 3.42. The molecule has 1 aliphatic rings. The molecule has 4 nitrogen and oxygen atoms in total. The van der Waals surface area contributed by atoms with E-state index < -0.39 is 0 Å². The first-order valence-electron chi connectivity index (χ1n) is 4.69. The van der Waals surface area contributed by atoms with Crippen LogP contribution < -0.4 is 5.32 Å². The van der Waals surface area contributed by atoms with Crippen molar-refractivity contribution >= 4 is 5.69 Å². The molecule has 0 radical (unpaired) electrons. The molecule has 1 aliphatic heterocycles. The molecule has 72 valence electrons. The third kappa shape index (κ3) is 2.21. The Bertz CT molecular complexity index is 266. The largest absolute Gasteiger partial charge is 0.380 e. The number of nitrogens with one attached hydrogen (secondary N) is 1. The zero-order valence-electron chi connectivity index (χ0n) is 7.86. The Balaban J connectivity index is 1.78. The van der Waals surface area contributed by atoms with Gasteiger partial charge in [0.25, 0.3) is 0 Å². The summed E-state index contributed by atoms with van der Waals surface area (Å²) in [4.78, 5) is 0. The number of hydrogen-bond donors (Lipinski definition) is 1. The number of anilines is 1. The Morgan fingerprint density at radius 1 is 1.77 bits per heavy atom. The van der Waals surface area contributed by atoms with Crippen LogP contribution in [0.2, 0.25) is 0 Å². The summed E-state index contributed by atoms with van der Waals surface area (Å²) in [6, 6.07) is 0. The van der Waals surface area contributed by atoms with Crippen molar-refractivity contribution in [2.24, 2.45) is 7.05 Å². The lowest BCUT2D eigenvalue weighted by Gasteiger charge is -2.09. The molecule has 1 saturated heterocycles. The maximum Gasteiger partial charge on any atom is 0.0748 e. The average Bonchev–Trinajstić information content (AvgIpc) is 2.71. The fourth-order valence-electron chi connectivity index (χ4n) is 1.55. The average molecular weight is 181 g/mol. The fraction of sp³-hybridized carbons (Fsp3) is 0.667. The number of aromatic nitrogens is 2. The Labute approximate surface area is 77.9 Å². The van der Waals surface area contributed by atoms with Gasteiger partial charge in [-0.25, -0.2) is 0 Å². The number of aryl methyl sites for hydroxylation is 1. The lowest BCUT2D eigenvalue weighted by Crippen LogP contribution is -2.17. The van der Waals surface area contributed by atoms with E-state index in [2.05, 4.69) is 10.4 Å². The van der Waals surface area contributed by atoms with Gasteiger partial charge in [-0.15, -0.1) is 0 Å². The van der Waals surface area contributed by atoms with Crippen LogP contribution in [0.5, 0.6) is 0 Å². The Kier molecular flexibility index (Phi) is 2.49. The minimum absolute atomic E-state index is 0.389. The molecule has 4 heteroatoms. The summed E-state index contributed by atoms with van der Waals surface area (Å²) < 4.78 is 7.28. The number of nitrogens with zero attached hydrogens (tertiary/aromatic N) is 2. The van der Waals surface area contributed by atoms with Gasteiger partial charge in [-0.05, 0) is 12.8 Å². The van der Waals surface area contributed by atoms with E-state index in [1.54, 1.807) is 4.68 Å². The Morgan fingerprint density at radius 2 is 2.69 bits per heavy atom. The highest BCUT2D eigenvalue weighted by molar-refractivity contribution is 5.37. The quantitative estimate of drug-likeness (QED) is 0.756. The summed E-state index contributed by atoms with van der Waals surface area (Å²) in [5.41, 5.74) is 1.07. The second-order valence-corrected chi connectivity index (χ2v) is 3.42. The molecule has 1 atom stereocenters. The van der Waals surface area contributed by atoms with Crippen LogP contribution in [0.15, 0.2) is 12.4 Å². The molecule has 0 aromatic carbocycles. The van der Waals surface area contributed by atoms with Crippen LogP contribution in [0.25, 0.3) is 0 Å². The molecule has 0 bridgehead atoms. The van der Waals surface area contributed by atoms with Gasteiger partial charge in [0.1, 0.15) is 0 Å². The molecule has 1 aromatic rings. The molecule has 0 aliphatic carbocycles. The number of hydrogen-bond acceptors (Lipinski definition) is 3. The van der Waals surface area contributed by atoms with Crippen molar-refractivity contribution in [3.05, 3.63) is 12.4 Å². The van der Waals surface area contributed by atoms with E-state index in [4.69, 9.17) is 4.74 Å². The first kappa shape index (κ1) is 8.56. The molecule has 1 fully saturated rings. The molecule has 1 aromatic heterocycles. The summed E-state index contributed by atoms with van der Waals surface area (Å²) in [6.45, 7) is 1.81. The van der Waals surface area contributed by atoms with E-state index in [1.165, 1.54) is 12.8 Å². The highest BCUT2D eigenvalue weighted by Gasteiger charge is 2.14. The zero-order chi connectivity index (χ0) is 9.10.